The van der Waals surface area contributed by atoms with E-state index in [2.05, 4.69) is 32.3 Å². The van der Waals surface area contributed by atoms with Crippen LogP contribution in [0.2, 0.25) is 0 Å². The van der Waals surface area contributed by atoms with Crippen molar-refractivity contribution in [1.29, 1.82) is 0 Å². The van der Waals surface area contributed by atoms with Gasteiger partial charge in [-0.3, -0.25) is 0 Å². The maximum atomic E-state index is 12.8. The van der Waals surface area contributed by atoms with Gasteiger partial charge in [0.1, 0.15) is 17.0 Å². The van der Waals surface area contributed by atoms with Crippen LogP contribution in [-0.2, 0) is 13.0 Å². The Balaban J connectivity index is 1.44. The van der Waals surface area contributed by atoms with E-state index >= 15 is 0 Å². The van der Waals surface area contributed by atoms with Crippen LogP contribution in [0.5, 0.6) is 0 Å². The van der Waals surface area contributed by atoms with Gasteiger partial charge in [-0.1, -0.05) is 30.3 Å². The highest BCUT2D eigenvalue weighted by Gasteiger charge is 2.29. The van der Waals surface area contributed by atoms with Gasteiger partial charge < -0.3 is 10.2 Å². The van der Waals surface area contributed by atoms with Crippen molar-refractivity contribution < 1.29 is 13.2 Å². The van der Waals surface area contributed by atoms with E-state index in [1.807, 2.05) is 18.2 Å². The maximum Gasteiger partial charge on any atom is 0.393 e. The Morgan fingerprint density at radius 1 is 1.10 bits per heavy atom. The number of nitrogens with one attached hydrogen (secondary N) is 1. The highest BCUT2D eigenvalue weighted by molar-refractivity contribution is 7.18. The molecule has 4 rings (SSSR count). The summed E-state index contributed by atoms with van der Waals surface area (Å²) >= 11 is 1.10. The van der Waals surface area contributed by atoms with Crippen LogP contribution >= 0.6 is 11.3 Å². The van der Waals surface area contributed by atoms with E-state index in [0.29, 0.717) is 10.9 Å². The molecular weight excluding hydrogens is 397 g/mol. The number of alkyl halides is 3. The molecule has 0 aliphatic carbocycles. The quantitative estimate of drug-likeness (QED) is 0.635. The van der Waals surface area contributed by atoms with Crippen LogP contribution in [0.3, 0.4) is 0 Å². The summed E-state index contributed by atoms with van der Waals surface area (Å²) in [5.74, 6) is 0.753. The Morgan fingerprint density at radius 3 is 2.72 bits per heavy atom. The largest absolute Gasteiger partial charge is 0.393 e. The number of benzene rings is 1. The number of aromatic nitrogens is 2. The molecule has 0 unspecified atom stereocenters. The van der Waals surface area contributed by atoms with E-state index in [1.54, 1.807) is 6.07 Å². The number of anilines is 1. The number of thiophene rings is 1. The number of halogens is 3. The van der Waals surface area contributed by atoms with Crippen LogP contribution in [0.4, 0.5) is 19.0 Å². The standard InChI is InChI=1S/C21H23F3N4S/c22-21(23,24)12-17-11-18-19(26-14-27-20(18)29-17)28-9-4-7-16(8-10-28)25-13-15-5-2-1-3-6-15/h1-3,5-6,11,14,16,25H,4,7-10,12-13H2/t16-/m0/s1. The topological polar surface area (TPSA) is 41.0 Å². The molecule has 0 amide bonds. The van der Waals surface area contributed by atoms with Crippen LogP contribution in [0.25, 0.3) is 10.2 Å². The van der Waals surface area contributed by atoms with E-state index in [0.717, 1.165) is 61.4 Å². The fourth-order valence-corrected chi connectivity index (χ4v) is 4.82. The average molecular weight is 421 g/mol. The summed E-state index contributed by atoms with van der Waals surface area (Å²) in [6, 6.07) is 12.4. The normalized spacial score (nSPS) is 18.2. The van der Waals surface area contributed by atoms with Crippen molar-refractivity contribution in [3.05, 3.63) is 53.2 Å². The van der Waals surface area contributed by atoms with Crippen LogP contribution < -0.4 is 10.2 Å². The number of rotatable bonds is 5. The Kier molecular flexibility index (Phi) is 6.01. The number of fused-ring (bicyclic) bond motifs is 1. The molecule has 1 aliphatic rings. The summed E-state index contributed by atoms with van der Waals surface area (Å²) in [5, 5.41) is 4.36. The molecule has 4 nitrogen and oxygen atoms in total. The van der Waals surface area contributed by atoms with Gasteiger partial charge in [-0.05, 0) is 30.9 Å². The lowest BCUT2D eigenvalue weighted by molar-refractivity contribution is -0.126. The van der Waals surface area contributed by atoms with Gasteiger partial charge in [0, 0.05) is 30.6 Å². The molecule has 2 aromatic heterocycles. The zero-order valence-corrected chi connectivity index (χ0v) is 16.8. The molecule has 0 radical (unpaired) electrons. The van der Waals surface area contributed by atoms with Crippen molar-refractivity contribution in [1.82, 2.24) is 15.3 Å². The van der Waals surface area contributed by atoms with Gasteiger partial charge in [0.2, 0.25) is 0 Å². The molecular formula is C21H23F3N4S. The first-order valence-corrected chi connectivity index (χ1v) is 10.6. The zero-order chi connectivity index (χ0) is 20.3. The number of hydrogen-bond acceptors (Lipinski definition) is 5. The third kappa shape index (κ3) is 5.25. The van der Waals surface area contributed by atoms with Crippen molar-refractivity contribution in [3.8, 4) is 0 Å². The summed E-state index contributed by atoms with van der Waals surface area (Å²) in [6.07, 6.45) is -0.620. The smallest absolute Gasteiger partial charge is 0.356 e. The molecule has 1 saturated heterocycles. The minimum atomic E-state index is -4.21. The SMILES string of the molecule is FC(F)(F)Cc1cc2c(N3CCC[C@H](NCc4ccccc4)CC3)ncnc2s1. The summed E-state index contributed by atoms with van der Waals surface area (Å²) in [7, 11) is 0. The molecule has 154 valence electrons. The summed E-state index contributed by atoms with van der Waals surface area (Å²) in [4.78, 5) is 11.7. The molecule has 1 aliphatic heterocycles. The first kappa shape index (κ1) is 20.1. The summed E-state index contributed by atoms with van der Waals surface area (Å²) in [5.41, 5.74) is 1.27. The van der Waals surface area contributed by atoms with Crippen molar-refractivity contribution in [3.63, 3.8) is 0 Å². The minimum absolute atomic E-state index is 0.284. The average Bonchev–Trinajstić information content (AvgIpc) is 2.94. The third-order valence-corrected chi connectivity index (χ3v) is 6.24. The van der Waals surface area contributed by atoms with Crippen molar-refractivity contribution >= 4 is 27.4 Å². The first-order valence-electron chi connectivity index (χ1n) is 9.80. The van der Waals surface area contributed by atoms with E-state index in [1.165, 1.54) is 11.9 Å². The lowest BCUT2D eigenvalue weighted by Gasteiger charge is -2.22. The van der Waals surface area contributed by atoms with Gasteiger partial charge in [0.25, 0.3) is 0 Å². The zero-order valence-electron chi connectivity index (χ0n) is 16.0. The van der Waals surface area contributed by atoms with Crippen LogP contribution in [0.15, 0.2) is 42.7 Å². The maximum absolute atomic E-state index is 12.8. The van der Waals surface area contributed by atoms with Gasteiger partial charge >= 0.3 is 6.18 Å². The number of nitrogens with zero attached hydrogens (tertiary/aromatic N) is 3. The second kappa shape index (κ2) is 8.67. The molecule has 3 heterocycles. The van der Waals surface area contributed by atoms with E-state index in [9.17, 15) is 13.2 Å². The van der Waals surface area contributed by atoms with Gasteiger partial charge in [0.05, 0.1) is 11.8 Å². The molecule has 1 N–H and O–H groups in total. The van der Waals surface area contributed by atoms with Gasteiger partial charge in [-0.25, -0.2) is 9.97 Å². The third-order valence-electron chi connectivity index (χ3n) is 5.20. The van der Waals surface area contributed by atoms with Crippen molar-refractivity contribution in [2.24, 2.45) is 0 Å². The highest BCUT2D eigenvalue weighted by atomic mass is 32.1. The molecule has 3 aromatic rings. The Labute approximate surface area is 171 Å². The predicted octanol–water partition coefficient (Wildman–Crippen LogP) is 4.94. The molecule has 1 aromatic carbocycles. The van der Waals surface area contributed by atoms with Gasteiger partial charge in [-0.2, -0.15) is 13.2 Å². The summed E-state index contributed by atoms with van der Waals surface area (Å²) < 4.78 is 38.3. The Bertz CT molecular complexity index is 942. The van der Waals surface area contributed by atoms with E-state index < -0.39 is 12.6 Å². The van der Waals surface area contributed by atoms with Crippen molar-refractivity contribution in [2.75, 3.05) is 18.0 Å². The van der Waals surface area contributed by atoms with Gasteiger partial charge in [-0.15, -0.1) is 11.3 Å². The molecule has 1 atom stereocenters. The second-order valence-electron chi connectivity index (χ2n) is 7.40. The van der Waals surface area contributed by atoms with E-state index in [-0.39, 0.29) is 4.88 Å². The molecule has 0 bridgehead atoms. The first-order chi connectivity index (χ1) is 14.0. The van der Waals surface area contributed by atoms with Crippen molar-refractivity contribution in [2.45, 2.75) is 44.4 Å². The molecule has 0 saturated carbocycles. The molecule has 8 heteroatoms. The fourth-order valence-electron chi connectivity index (χ4n) is 3.80. The lowest BCUT2D eigenvalue weighted by Crippen LogP contribution is -2.31. The van der Waals surface area contributed by atoms with Crippen LogP contribution in [-0.4, -0.2) is 35.3 Å². The molecule has 0 spiro atoms. The molecule has 29 heavy (non-hydrogen) atoms. The second-order valence-corrected chi connectivity index (χ2v) is 8.52. The minimum Gasteiger partial charge on any atom is -0.356 e. The van der Waals surface area contributed by atoms with E-state index in [4.69, 9.17) is 0 Å². The fraction of sp³-hybridized carbons (Fsp3) is 0.429. The highest BCUT2D eigenvalue weighted by Crippen LogP contribution is 2.34. The predicted molar refractivity (Wildman–Crippen MR) is 110 cm³/mol. The Morgan fingerprint density at radius 2 is 1.93 bits per heavy atom. The number of hydrogen-bond donors (Lipinski definition) is 1. The molecule has 1 fully saturated rings. The summed E-state index contributed by atoms with van der Waals surface area (Å²) in [6.45, 7) is 2.51. The Hall–Kier alpha value is -2.19. The lowest BCUT2D eigenvalue weighted by atomic mass is 10.1. The van der Waals surface area contributed by atoms with Gasteiger partial charge in [0.15, 0.2) is 0 Å². The van der Waals surface area contributed by atoms with Crippen LogP contribution in [0, 0.1) is 0 Å². The van der Waals surface area contributed by atoms with Crippen LogP contribution in [0.1, 0.15) is 29.7 Å². The monoisotopic (exact) mass is 420 g/mol.